The van der Waals surface area contributed by atoms with E-state index in [1.807, 2.05) is 42.5 Å². The van der Waals surface area contributed by atoms with Gasteiger partial charge in [0.15, 0.2) is 0 Å². The minimum atomic E-state index is -0.661. The third kappa shape index (κ3) is 3.94. The van der Waals surface area contributed by atoms with Crippen molar-refractivity contribution in [2.24, 2.45) is 0 Å². The highest BCUT2D eigenvalue weighted by molar-refractivity contribution is 5.88. The molecule has 1 fully saturated rings. The maximum absolute atomic E-state index is 12.3. The van der Waals surface area contributed by atoms with Crippen molar-refractivity contribution in [3.63, 3.8) is 0 Å². The Bertz CT molecular complexity index is 1400. The van der Waals surface area contributed by atoms with Gasteiger partial charge in [-0.2, -0.15) is 0 Å². The first kappa shape index (κ1) is 21.1. The van der Waals surface area contributed by atoms with Crippen molar-refractivity contribution in [1.29, 1.82) is 0 Å². The molecule has 5 rings (SSSR count). The number of benzene rings is 2. The van der Waals surface area contributed by atoms with Gasteiger partial charge in [-0.3, -0.25) is 14.3 Å². The molecule has 0 amide bonds. The molecule has 0 aliphatic carbocycles. The zero-order chi connectivity index (χ0) is 22.9. The number of aliphatic hydroxyl groups excluding tert-OH is 1. The first-order valence-corrected chi connectivity index (χ1v) is 10.6. The van der Waals surface area contributed by atoms with Gasteiger partial charge in [0.05, 0.1) is 24.5 Å². The summed E-state index contributed by atoms with van der Waals surface area (Å²) in [6, 6.07) is 13.5. The predicted octanol–water partition coefficient (Wildman–Crippen LogP) is 1.69. The van der Waals surface area contributed by atoms with E-state index in [1.165, 1.54) is 10.8 Å². The van der Waals surface area contributed by atoms with Crippen LogP contribution in [0.1, 0.15) is 29.9 Å². The van der Waals surface area contributed by atoms with Crippen LogP contribution >= 0.6 is 0 Å². The average Bonchev–Trinajstić information content (AvgIpc) is 3.46. The number of nitrogens with zero attached hydrogens (tertiary/aromatic N) is 4. The van der Waals surface area contributed by atoms with E-state index in [0.717, 1.165) is 16.5 Å². The van der Waals surface area contributed by atoms with Crippen LogP contribution in [0.2, 0.25) is 0 Å². The van der Waals surface area contributed by atoms with Crippen LogP contribution < -0.4 is 16.0 Å². The van der Waals surface area contributed by atoms with E-state index in [-0.39, 0.29) is 19.3 Å². The SMILES string of the molecule is Cc1cn([C@H]2C[C@H](n3nncc3COc3cccc4ccccc34)[C@@H](CO)O2)c(=O)[nH]c1=O. The summed E-state index contributed by atoms with van der Waals surface area (Å²) in [6.45, 7) is 1.57. The summed E-state index contributed by atoms with van der Waals surface area (Å²) in [5.74, 6) is 0.746. The number of hydrogen-bond donors (Lipinski definition) is 2. The number of H-pyrrole nitrogens is 1. The summed E-state index contributed by atoms with van der Waals surface area (Å²) >= 11 is 0. The molecule has 2 aromatic carbocycles. The average molecular weight is 449 g/mol. The smallest absolute Gasteiger partial charge is 0.330 e. The molecule has 10 nitrogen and oxygen atoms in total. The number of fused-ring (bicyclic) bond motifs is 1. The molecular weight excluding hydrogens is 426 g/mol. The molecule has 1 aliphatic heterocycles. The Labute approximate surface area is 188 Å². The molecule has 0 radical (unpaired) electrons. The van der Waals surface area contributed by atoms with E-state index in [4.69, 9.17) is 9.47 Å². The van der Waals surface area contributed by atoms with Gasteiger partial charge in [-0.05, 0) is 18.4 Å². The molecule has 4 aromatic rings. The highest BCUT2D eigenvalue weighted by Gasteiger charge is 2.39. The monoisotopic (exact) mass is 449 g/mol. The fourth-order valence-electron chi connectivity index (χ4n) is 4.23. The summed E-state index contributed by atoms with van der Waals surface area (Å²) < 4.78 is 15.1. The van der Waals surface area contributed by atoms with Gasteiger partial charge < -0.3 is 14.6 Å². The van der Waals surface area contributed by atoms with Gasteiger partial charge in [0, 0.05) is 23.6 Å². The van der Waals surface area contributed by atoms with Crippen LogP contribution in [0.3, 0.4) is 0 Å². The van der Waals surface area contributed by atoms with Crippen molar-refractivity contribution in [1.82, 2.24) is 24.5 Å². The second kappa shape index (κ2) is 8.64. The Hall–Kier alpha value is -3.76. The van der Waals surface area contributed by atoms with Crippen molar-refractivity contribution < 1.29 is 14.6 Å². The van der Waals surface area contributed by atoms with E-state index >= 15 is 0 Å². The Balaban J connectivity index is 1.39. The molecule has 0 saturated carbocycles. The van der Waals surface area contributed by atoms with Crippen LogP contribution in [0, 0.1) is 6.92 Å². The fraction of sp³-hybridized carbons (Fsp3) is 0.304. The lowest BCUT2D eigenvalue weighted by Gasteiger charge is -2.18. The lowest BCUT2D eigenvalue weighted by atomic mass is 10.1. The molecule has 1 saturated heterocycles. The Morgan fingerprint density at radius 3 is 2.88 bits per heavy atom. The van der Waals surface area contributed by atoms with Crippen molar-refractivity contribution in [2.75, 3.05) is 6.61 Å². The molecule has 2 aromatic heterocycles. The van der Waals surface area contributed by atoms with E-state index in [1.54, 1.807) is 17.8 Å². The molecule has 0 bridgehead atoms. The number of aryl methyl sites for hydroxylation is 1. The first-order chi connectivity index (χ1) is 16.0. The topological polar surface area (TPSA) is 124 Å². The van der Waals surface area contributed by atoms with Gasteiger partial charge in [0.25, 0.3) is 5.56 Å². The third-order valence-corrected chi connectivity index (χ3v) is 5.93. The number of nitrogens with one attached hydrogen (secondary N) is 1. The number of ether oxygens (including phenoxy) is 2. The van der Waals surface area contributed by atoms with E-state index in [9.17, 15) is 14.7 Å². The van der Waals surface area contributed by atoms with Crippen molar-refractivity contribution in [3.8, 4) is 5.75 Å². The normalized spacial score (nSPS) is 20.4. The first-order valence-electron chi connectivity index (χ1n) is 10.6. The molecule has 0 unspecified atom stereocenters. The number of aromatic amines is 1. The Kier molecular flexibility index (Phi) is 5.53. The maximum Gasteiger partial charge on any atom is 0.330 e. The summed E-state index contributed by atoms with van der Waals surface area (Å²) in [4.78, 5) is 26.3. The second-order valence-electron chi connectivity index (χ2n) is 8.03. The zero-order valence-electron chi connectivity index (χ0n) is 17.9. The quantitative estimate of drug-likeness (QED) is 0.459. The fourth-order valence-corrected chi connectivity index (χ4v) is 4.23. The van der Waals surface area contributed by atoms with Gasteiger partial charge in [0.2, 0.25) is 0 Å². The lowest BCUT2D eigenvalue weighted by molar-refractivity contribution is -0.0326. The van der Waals surface area contributed by atoms with E-state index in [2.05, 4.69) is 15.3 Å². The molecule has 3 atom stereocenters. The maximum atomic E-state index is 12.3. The lowest BCUT2D eigenvalue weighted by Crippen LogP contribution is -2.33. The van der Waals surface area contributed by atoms with Crippen LogP contribution in [-0.4, -0.2) is 42.4 Å². The van der Waals surface area contributed by atoms with Gasteiger partial charge in [0.1, 0.15) is 24.7 Å². The molecule has 33 heavy (non-hydrogen) atoms. The Morgan fingerprint density at radius 2 is 2.03 bits per heavy atom. The summed E-state index contributed by atoms with van der Waals surface area (Å²) in [7, 11) is 0. The molecular formula is C23H23N5O5. The zero-order valence-corrected chi connectivity index (χ0v) is 17.9. The number of aromatic nitrogens is 5. The van der Waals surface area contributed by atoms with Gasteiger partial charge >= 0.3 is 5.69 Å². The van der Waals surface area contributed by atoms with Crippen molar-refractivity contribution >= 4 is 10.8 Å². The van der Waals surface area contributed by atoms with E-state index in [0.29, 0.717) is 17.7 Å². The van der Waals surface area contributed by atoms with Crippen LogP contribution in [0.25, 0.3) is 10.8 Å². The van der Waals surface area contributed by atoms with Gasteiger partial charge in [-0.1, -0.05) is 41.6 Å². The highest BCUT2D eigenvalue weighted by atomic mass is 16.5. The summed E-state index contributed by atoms with van der Waals surface area (Å²) in [5.41, 5.74) is 0.104. The van der Waals surface area contributed by atoms with Crippen molar-refractivity contribution in [3.05, 3.63) is 87.0 Å². The number of aliphatic hydroxyl groups is 1. The number of hydrogen-bond acceptors (Lipinski definition) is 7. The predicted molar refractivity (Wildman–Crippen MR) is 119 cm³/mol. The second-order valence-corrected chi connectivity index (χ2v) is 8.03. The molecule has 10 heteroatoms. The molecule has 0 spiro atoms. The van der Waals surface area contributed by atoms with Crippen LogP contribution in [-0.2, 0) is 11.3 Å². The largest absolute Gasteiger partial charge is 0.487 e. The molecule has 3 heterocycles. The van der Waals surface area contributed by atoms with Crippen LogP contribution in [0.15, 0.2) is 64.4 Å². The van der Waals surface area contributed by atoms with Crippen molar-refractivity contribution in [2.45, 2.75) is 38.3 Å². The molecule has 2 N–H and O–H groups in total. The highest BCUT2D eigenvalue weighted by Crippen LogP contribution is 2.36. The van der Waals surface area contributed by atoms with Crippen LogP contribution in [0.5, 0.6) is 5.75 Å². The Morgan fingerprint density at radius 1 is 1.21 bits per heavy atom. The standard InChI is InChI=1S/C23H23N5O5/c1-14-11-27(23(31)25-22(14)30)21-9-18(20(12-29)33-21)28-16(10-24-26-28)13-32-19-8-4-6-15-5-2-3-7-17(15)19/h2-8,10-11,18,20-21,29H,9,12-13H2,1H3,(H,25,30,31)/t18-,20+,21+/m0/s1. The minimum absolute atomic E-state index is 0.220. The number of rotatable bonds is 6. The minimum Gasteiger partial charge on any atom is -0.487 e. The summed E-state index contributed by atoms with van der Waals surface area (Å²) in [6.07, 6.45) is 2.18. The van der Waals surface area contributed by atoms with Gasteiger partial charge in [-0.25, -0.2) is 9.48 Å². The van der Waals surface area contributed by atoms with Crippen LogP contribution in [0.4, 0.5) is 0 Å². The molecule has 170 valence electrons. The van der Waals surface area contributed by atoms with Gasteiger partial charge in [-0.15, -0.1) is 5.10 Å². The van der Waals surface area contributed by atoms with E-state index < -0.39 is 23.6 Å². The molecule has 1 aliphatic rings. The third-order valence-electron chi connectivity index (χ3n) is 5.93. The summed E-state index contributed by atoms with van der Waals surface area (Å²) in [5, 5.41) is 20.2.